The van der Waals surface area contributed by atoms with Crippen LogP contribution in [-0.2, 0) is 148 Å². The van der Waals surface area contributed by atoms with Crippen molar-refractivity contribution in [3.63, 3.8) is 0 Å². The Hall–Kier alpha value is 2.24. The quantitative estimate of drug-likeness (QED) is 0.133. The first-order valence-corrected chi connectivity index (χ1v) is 3.31. The zero-order valence-electron chi connectivity index (χ0n) is 24.5. The summed E-state index contributed by atoms with van der Waals surface area (Å²) in [5.41, 5.74) is 0. The van der Waals surface area contributed by atoms with E-state index >= 15 is 0 Å². The zero-order chi connectivity index (χ0) is 12.8. The van der Waals surface area contributed by atoms with Crippen LogP contribution in [0.4, 0.5) is 0 Å². The Labute approximate surface area is 326 Å². The summed E-state index contributed by atoms with van der Waals surface area (Å²) in [5.74, 6) is 6.00. The SMILES string of the molecule is C=C=[N-].C=C=[N-].C=C=[N-].C=C=[N-].CC.[CH3-].[CH3-].[CH3-].[CH3-].[CH3-].[CH3-].[CH3-].[CH3-].[CH3-].[CH3-].[CH3-].[CH3-].[CH3-].[Ni+2].[Ni+2].[Ni+2].[Ni+2].[Ni+2].[Ni+2].[Ni+2].[Ni+2].[Ni]. The van der Waals surface area contributed by atoms with E-state index in [2.05, 4.69) is 26.3 Å². The molecule has 0 aliphatic heterocycles. The monoisotopic (exact) mass is 907 g/mol. The summed E-state index contributed by atoms with van der Waals surface area (Å²) >= 11 is 0. The molecule has 0 aliphatic rings. The molecular weight excluding hydrogens is 861 g/mol. The number of hydrogen-bond acceptors (Lipinski definition) is 0. The average molecular weight is 914 g/mol. The standard InChI is InChI=1S/4C2H2N.C2H6.13CH3.9Ni/c4*1-2-3;1-2;;;;;;;;;;;;;;;;;;;;;;/h4*1H2;1-2H3;13*1H3;;;;;;;;;/q4*-1;;13*-1;;8*+2. The molecule has 0 rings (SSSR count). The smallest absolute Gasteiger partial charge is 0.764 e. The van der Waals surface area contributed by atoms with Gasteiger partial charge in [-0.05, 0) is 0 Å². The first-order valence-electron chi connectivity index (χ1n) is 3.31. The molecule has 0 atom stereocenters. The molecule has 0 aliphatic carbocycles. The Bertz CT molecular complexity index is 178. The largest absolute Gasteiger partial charge is 2.00 e. The maximum Gasteiger partial charge on any atom is 2.00 e. The van der Waals surface area contributed by atoms with Crippen molar-refractivity contribution in [3.8, 4) is 0 Å². The second-order valence-electron chi connectivity index (χ2n) is 0.632. The van der Waals surface area contributed by atoms with Gasteiger partial charge in [0.1, 0.15) is 0 Å². The molecule has 0 radical (unpaired) electrons. The van der Waals surface area contributed by atoms with E-state index in [0.29, 0.717) is 0 Å². The Morgan fingerprint density at radius 2 is 0.306 bits per heavy atom. The van der Waals surface area contributed by atoms with Gasteiger partial charge in [0.15, 0.2) is 0 Å². The molecule has 4 nitrogen and oxygen atoms in total. The molecule has 0 amide bonds. The summed E-state index contributed by atoms with van der Waals surface area (Å²) in [6.07, 6.45) is 0. The van der Waals surface area contributed by atoms with E-state index < -0.39 is 0 Å². The van der Waals surface area contributed by atoms with Gasteiger partial charge in [0.25, 0.3) is 0 Å². The summed E-state index contributed by atoms with van der Waals surface area (Å²) in [6, 6.07) is 0. The summed E-state index contributed by atoms with van der Waals surface area (Å²) < 4.78 is 0. The molecule has 0 bridgehead atoms. The Morgan fingerprint density at radius 3 is 0.306 bits per heavy atom. The third-order valence-electron chi connectivity index (χ3n) is 0. The van der Waals surface area contributed by atoms with E-state index in [4.69, 9.17) is 21.6 Å². The van der Waals surface area contributed by atoms with Crippen LogP contribution in [0.5, 0.6) is 0 Å². The minimum absolute atomic E-state index is 0. The van der Waals surface area contributed by atoms with Gasteiger partial charge in [-0.25, -0.2) is 0 Å². The van der Waals surface area contributed by atoms with Crippen molar-refractivity contribution in [1.29, 1.82) is 0 Å². The van der Waals surface area contributed by atoms with Gasteiger partial charge in [-0.2, -0.15) is 0 Å². The molecule has 0 unspecified atom stereocenters. The Morgan fingerprint density at radius 1 is 0.306 bits per heavy atom. The summed E-state index contributed by atoms with van der Waals surface area (Å²) in [7, 11) is 0. The number of rotatable bonds is 0. The molecule has 36 heavy (non-hydrogen) atoms. The van der Waals surface area contributed by atoms with Gasteiger partial charge in [0.2, 0.25) is 0 Å². The maximum atomic E-state index is 7.21. The molecule has 0 saturated heterocycles. The third-order valence-corrected chi connectivity index (χ3v) is 0. The molecule has 0 spiro atoms. The fraction of sp³-hybridized carbons (Fsp3) is 0.0870. The van der Waals surface area contributed by atoms with Crippen LogP contribution in [0.1, 0.15) is 13.8 Å². The van der Waals surface area contributed by atoms with E-state index in [1.807, 2.05) is 13.8 Å². The first kappa shape index (κ1) is 420. The molecular formula is C23H53N4Ni9-. The molecule has 0 fully saturated rings. The normalized spacial score (nSPS) is 1.06. The van der Waals surface area contributed by atoms with Gasteiger partial charge < -0.3 is 118 Å². The molecule has 0 aromatic carbocycles. The van der Waals surface area contributed by atoms with Crippen molar-refractivity contribution in [2.75, 3.05) is 0 Å². The summed E-state index contributed by atoms with van der Waals surface area (Å²) in [5, 5.41) is 28.8. The van der Waals surface area contributed by atoms with Crippen LogP contribution in [0.3, 0.4) is 0 Å². The van der Waals surface area contributed by atoms with Gasteiger partial charge in [0, 0.05) is 16.5 Å². The van der Waals surface area contributed by atoms with E-state index in [-0.39, 0.29) is 245 Å². The summed E-state index contributed by atoms with van der Waals surface area (Å²) in [4.78, 5) is 0. The van der Waals surface area contributed by atoms with Gasteiger partial charge in [-0.1, -0.05) is 40.2 Å². The average Bonchev–Trinajstić information content (AvgIpc) is 2.12. The van der Waals surface area contributed by atoms with Gasteiger partial charge >= 0.3 is 132 Å². The molecule has 0 N–H and O–H groups in total. The van der Waals surface area contributed by atoms with Crippen molar-refractivity contribution in [2.45, 2.75) is 13.8 Å². The Kier molecular flexibility index (Phi) is 14600. The van der Waals surface area contributed by atoms with Crippen LogP contribution in [-0.4, -0.2) is 23.5 Å². The molecule has 13 heteroatoms. The van der Waals surface area contributed by atoms with Crippen LogP contribution < -0.4 is 0 Å². The number of nitrogens with zero attached hydrogens (tertiary/aromatic N) is 4. The topological polar surface area (TPSA) is 89.2 Å². The summed E-state index contributed by atoms with van der Waals surface area (Å²) in [6.45, 7) is 15.2. The minimum atomic E-state index is 0. The van der Waals surface area contributed by atoms with E-state index in [1.165, 1.54) is 23.5 Å². The predicted octanol–water partition coefficient (Wildman–Crippen LogP) is 8.50. The molecule has 0 heterocycles. The fourth-order valence-electron chi connectivity index (χ4n) is 0. The van der Waals surface area contributed by atoms with Crippen LogP contribution >= 0.6 is 0 Å². The molecule has 0 aromatic rings. The second kappa shape index (κ2) is 1260. The van der Waals surface area contributed by atoms with Crippen molar-refractivity contribution < 1.29 is 148 Å². The second-order valence-corrected chi connectivity index (χ2v) is 0.632. The molecule has 0 saturated carbocycles. The number of hydrogen-bond donors (Lipinski definition) is 0. The van der Waals surface area contributed by atoms with E-state index in [9.17, 15) is 0 Å². The maximum absolute atomic E-state index is 7.21. The third kappa shape index (κ3) is 8960. The van der Waals surface area contributed by atoms with Crippen LogP contribution in [0.2, 0.25) is 0 Å². The Balaban J connectivity index is -0.000000000979. The van der Waals surface area contributed by atoms with Crippen LogP contribution in [0, 0.1) is 96.5 Å². The molecule has 256 valence electrons. The van der Waals surface area contributed by atoms with Gasteiger partial charge in [0.05, 0.1) is 0 Å². The van der Waals surface area contributed by atoms with E-state index in [0.717, 1.165) is 0 Å². The van der Waals surface area contributed by atoms with Crippen molar-refractivity contribution in [3.05, 3.63) is 144 Å². The molecule has 0 aromatic heterocycles. The van der Waals surface area contributed by atoms with Crippen molar-refractivity contribution in [1.82, 2.24) is 0 Å². The van der Waals surface area contributed by atoms with Crippen molar-refractivity contribution in [2.24, 2.45) is 0 Å². The van der Waals surface area contributed by atoms with Gasteiger partial charge in [-0.15, -0.1) is 0 Å². The zero-order valence-corrected chi connectivity index (χ0v) is 33.4. The first-order chi connectivity index (χ1) is 6.66. The fourth-order valence-corrected chi connectivity index (χ4v) is 0. The predicted molar refractivity (Wildman–Crippen MR) is 151 cm³/mol. The van der Waals surface area contributed by atoms with Crippen molar-refractivity contribution >= 4 is 23.5 Å². The minimum Gasteiger partial charge on any atom is -0.764 e. The van der Waals surface area contributed by atoms with Gasteiger partial charge in [-0.3, -0.25) is 23.5 Å². The van der Waals surface area contributed by atoms with Crippen LogP contribution in [0.25, 0.3) is 21.6 Å². The van der Waals surface area contributed by atoms with Crippen LogP contribution in [0.15, 0.2) is 26.3 Å². The van der Waals surface area contributed by atoms with E-state index in [1.54, 1.807) is 0 Å².